The van der Waals surface area contributed by atoms with E-state index in [0.717, 1.165) is 11.4 Å². The molecule has 0 atom stereocenters. The molecular formula is C12H17N. The molecule has 0 heterocycles. The van der Waals surface area contributed by atoms with Crippen LogP contribution in [-0.4, -0.2) is 0 Å². The van der Waals surface area contributed by atoms with Gasteiger partial charge in [0.15, 0.2) is 0 Å². The lowest BCUT2D eigenvalue weighted by molar-refractivity contribution is 1.00. The largest absolute Gasteiger partial charge is 0.359 e. The third kappa shape index (κ3) is 5.74. The summed E-state index contributed by atoms with van der Waals surface area (Å²) in [6.07, 6.45) is 11.3. The SMILES string of the molecule is C=C/C=C(\C=C)N/C(C)=C/C=C\C. The summed E-state index contributed by atoms with van der Waals surface area (Å²) >= 11 is 0. The first-order valence-corrected chi connectivity index (χ1v) is 4.26. The minimum Gasteiger partial charge on any atom is -0.359 e. The number of hydrogen-bond acceptors (Lipinski definition) is 1. The molecular weight excluding hydrogens is 158 g/mol. The topological polar surface area (TPSA) is 12.0 Å². The molecule has 0 unspecified atom stereocenters. The van der Waals surface area contributed by atoms with Crippen LogP contribution in [-0.2, 0) is 0 Å². The van der Waals surface area contributed by atoms with Crippen molar-refractivity contribution in [1.29, 1.82) is 0 Å². The Hall–Kier alpha value is -1.50. The van der Waals surface area contributed by atoms with Gasteiger partial charge in [-0.25, -0.2) is 0 Å². The molecule has 0 amide bonds. The van der Waals surface area contributed by atoms with Crippen molar-refractivity contribution >= 4 is 0 Å². The van der Waals surface area contributed by atoms with Crippen molar-refractivity contribution in [3.8, 4) is 0 Å². The zero-order chi connectivity index (χ0) is 10.1. The van der Waals surface area contributed by atoms with E-state index in [-0.39, 0.29) is 0 Å². The van der Waals surface area contributed by atoms with Gasteiger partial charge in [-0.2, -0.15) is 0 Å². The summed E-state index contributed by atoms with van der Waals surface area (Å²) in [5.41, 5.74) is 2.03. The first-order valence-electron chi connectivity index (χ1n) is 4.26. The fourth-order valence-electron chi connectivity index (χ4n) is 0.798. The molecule has 70 valence electrons. The van der Waals surface area contributed by atoms with Crippen molar-refractivity contribution in [3.63, 3.8) is 0 Å². The third-order valence-electron chi connectivity index (χ3n) is 1.40. The summed E-state index contributed by atoms with van der Waals surface area (Å²) in [6, 6.07) is 0. The smallest absolute Gasteiger partial charge is 0.0375 e. The standard InChI is InChI=1S/C12H17N/c1-5-8-10-11(4)13-12(7-3)9-6-2/h5-10,13H,2-3H2,1,4H3/b8-5-,11-10+,12-9+. The molecule has 0 aromatic carbocycles. The molecule has 13 heavy (non-hydrogen) atoms. The highest BCUT2D eigenvalue weighted by Crippen LogP contribution is 1.96. The van der Waals surface area contributed by atoms with Crippen LogP contribution in [0.5, 0.6) is 0 Å². The highest BCUT2D eigenvalue weighted by atomic mass is 14.9. The predicted molar refractivity (Wildman–Crippen MR) is 60.2 cm³/mol. The minimum atomic E-state index is 0.952. The van der Waals surface area contributed by atoms with E-state index in [1.807, 2.05) is 38.2 Å². The van der Waals surface area contributed by atoms with E-state index >= 15 is 0 Å². The van der Waals surface area contributed by atoms with Crippen LogP contribution in [0.1, 0.15) is 13.8 Å². The molecule has 0 aromatic heterocycles. The van der Waals surface area contributed by atoms with Crippen LogP contribution in [0.3, 0.4) is 0 Å². The third-order valence-corrected chi connectivity index (χ3v) is 1.40. The monoisotopic (exact) mass is 175 g/mol. The van der Waals surface area contributed by atoms with E-state index < -0.39 is 0 Å². The van der Waals surface area contributed by atoms with Crippen molar-refractivity contribution in [2.45, 2.75) is 13.8 Å². The normalized spacial score (nSPS) is 13.1. The molecule has 1 N–H and O–H groups in total. The van der Waals surface area contributed by atoms with Crippen LogP contribution >= 0.6 is 0 Å². The van der Waals surface area contributed by atoms with Gasteiger partial charge < -0.3 is 5.32 Å². The molecule has 0 saturated heterocycles. The van der Waals surface area contributed by atoms with Crippen molar-refractivity contribution in [2.75, 3.05) is 0 Å². The Morgan fingerprint density at radius 2 is 1.92 bits per heavy atom. The Labute approximate surface area is 80.9 Å². The summed E-state index contributed by atoms with van der Waals surface area (Å²) in [5, 5.41) is 3.18. The summed E-state index contributed by atoms with van der Waals surface area (Å²) < 4.78 is 0. The average molecular weight is 175 g/mol. The second-order valence-electron chi connectivity index (χ2n) is 2.56. The highest BCUT2D eigenvalue weighted by Gasteiger charge is 1.88. The summed E-state index contributed by atoms with van der Waals surface area (Å²) in [6.45, 7) is 11.3. The first kappa shape index (κ1) is 11.5. The summed E-state index contributed by atoms with van der Waals surface area (Å²) in [4.78, 5) is 0. The van der Waals surface area contributed by atoms with Crippen LogP contribution in [0.4, 0.5) is 0 Å². The van der Waals surface area contributed by atoms with Gasteiger partial charge in [-0.3, -0.25) is 0 Å². The van der Waals surface area contributed by atoms with E-state index in [9.17, 15) is 0 Å². The van der Waals surface area contributed by atoms with Gasteiger partial charge >= 0.3 is 0 Å². The van der Waals surface area contributed by atoms with Crippen LogP contribution in [0.15, 0.2) is 61.0 Å². The van der Waals surface area contributed by atoms with Gasteiger partial charge in [-0.05, 0) is 32.1 Å². The molecule has 0 aliphatic rings. The number of rotatable bonds is 5. The summed E-state index contributed by atoms with van der Waals surface area (Å²) in [5.74, 6) is 0. The lowest BCUT2D eigenvalue weighted by Gasteiger charge is -2.05. The Morgan fingerprint density at radius 1 is 1.23 bits per heavy atom. The van der Waals surface area contributed by atoms with Gasteiger partial charge in [-0.1, -0.05) is 31.4 Å². The highest BCUT2D eigenvalue weighted by molar-refractivity contribution is 5.24. The molecule has 0 spiro atoms. The van der Waals surface area contributed by atoms with Gasteiger partial charge in [-0.15, -0.1) is 0 Å². The van der Waals surface area contributed by atoms with Crippen LogP contribution in [0.2, 0.25) is 0 Å². The molecule has 1 nitrogen and oxygen atoms in total. The van der Waals surface area contributed by atoms with Crippen molar-refractivity contribution < 1.29 is 0 Å². The molecule has 1 heteroatoms. The molecule has 0 rings (SSSR count). The quantitative estimate of drug-likeness (QED) is 0.632. The lowest BCUT2D eigenvalue weighted by atomic mass is 10.3. The number of hydrogen-bond donors (Lipinski definition) is 1. The second kappa shape index (κ2) is 7.17. The Morgan fingerprint density at radius 3 is 2.38 bits per heavy atom. The van der Waals surface area contributed by atoms with Crippen molar-refractivity contribution in [1.82, 2.24) is 5.32 Å². The molecule has 0 aromatic rings. The Kier molecular flexibility index (Phi) is 6.34. The molecule has 0 aliphatic heterocycles. The number of nitrogens with one attached hydrogen (secondary N) is 1. The number of allylic oxidation sites excluding steroid dienone is 7. The lowest BCUT2D eigenvalue weighted by Crippen LogP contribution is -2.07. The minimum absolute atomic E-state index is 0.952. The van der Waals surface area contributed by atoms with Gasteiger partial charge in [0.05, 0.1) is 0 Å². The van der Waals surface area contributed by atoms with Crippen LogP contribution in [0, 0.1) is 0 Å². The Balaban J connectivity index is 4.32. The maximum atomic E-state index is 3.69. The van der Waals surface area contributed by atoms with Crippen LogP contribution in [0.25, 0.3) is 0 Å². The Bertz CT molecular complexity index is 254. The van der Waals surface area contributed by atoms with Gasteiger partial charge in [0.2, 0.25) is 0 Å². The fraction of sp³-hybridized carbons (Fsp3) is 0.167. The van der Waals surface area contributed by atoms with Gasteiger partial charge in [0.25, 0.3) is 0 Å². The second-order valence-corrected chi connectivity index (χ2v) is 2.56. The maximum absolute atomic E-state index is 3.69. The van der Waals surface area contributed by atoms with E-state index in [1.165, 1.54) is 0 Å². The molecule has 0 fully saturated rings. The first-order chi connectivity index (χ1) is 6.24. The van der Waals surface area contributed by atoms with Crippen molar-refractivity contribution in [2.24, 2.45) is 0 Å². The van der Waals surface area contributed by atoms with Crippen LogP contribution < -0.4 is 5.32 Å². The zero-order valence-corrected chi connectivity index (χ0v) is 8.38. The molecule has 0 saturated carbocycles. The maximum Gasteiger partial charge on any atom is 0.0375 e. The molecule has 0 aliphatic carbocycles. The van der Waals surface area contributed by atoms with E-state index in [0.29, 0.717) is 0 Å². The predicted octanol–water partition coefficient (Wildman–Crippen LogP) is 3.31. The zero-order valence-electron chi connectivity index (χ0n) is 8.38. The van der Waals surface area contributed by atoms with E-state index in [2.05, 4.69) is 18.5 Å². The van der Waals surface area contributed by atoms with Crippen molar-refractivity contribution in [3.05, 3.63) is 61.0 Å². The van der Waals surface area contributed by atoms with Gasteiger partial charge in [0.1, 0.15) is 0 Å². The molecule has 0 bridgehead atoms. The fourth-order valence-corrected chi connectivity index (χ4v) is 0.798. The average Bonchev–Trinajstić information content (AvgIpc) is 2.14. The summed E-state index contributed by atoms with van der Waals surface area (Å²) in [7, 11) is 0. The van der Waals surface area contributed by atoms with Gasteiger partial charge in [0, 0.05) is 11.4 Å². The molecule has 0 radical (unpaired) electrons. The van der Waals surface area contributed by atoms with E-state index in [1.54, 1.807) is 12.2 Å². The van der Waals surface area contributed by atoms with E-state index in [4.69, 9.17) is 0 Å².